The number of ether oxygens (including phenoxy) is 1. The Hall–Kier alpha value is -3.25. The van der Waals surface area contributed by atoms with Gasteiger partial charge in [0.1, 0.15) is 12.1 Å². The van der Waals surface area contributed by atoms with Gasteiger partial charge < -0.3 is 4.74 Å². The Morgan fingerprint density at radius 1 is 1.10 bits per heavy atom. The summed E-state index contributed by atoms with van der Waals surface area (Å²) in [5, 5.41) is 19.0. The number of fused-ring (bicyclic) bond motifs is 3. The molecule has 1 heterocycles. The van der Waals surface area contributed by atoms with E-state index in [2.05, 4.69) is 29.9 Å². The van der Waals surface area contributed by atoms with Gasteiger partial charge in [-0.25, -0.2) is 9.97 Å². The lowest BCUT2D eigenvalue weighted by Gasteiger charge is -2.35. The van der Waals surface area contributed by atoms with Gasteiger partial charge in [-0.05, 0) is 31.2 Å². The molecule has 30 heavy (non-hydrogen) atoms. The molecule has 0 spiro atoms. The van der Waals surface area contributed by atoms with Crippen LogP contribution in [0.5, 0.6) is 0 Å². The first-order chi connectivity index (χ1) is 14.4. The van der Waals surface area contributed by atoms with E-state index in [1.165, 1.54) is 0 Å². The third kappa shape index (κ3) is 3.55. The minimum Gasteiger partial charge on any atom is -0.466 e. The van der Waals surface area contributed by atoms with Crippen molar-refractivity contribution in [2.75, 3.05) is 6.61 Å². The second-order valence-electron chi connectivity index (χ2n) is 8.04. The van der Waals surface area contributed by atoms with Crippen molar-refractivity contribution in [3.8, 4) is 23.4 Å². The SMILES string of the molecule is CCOC(=O)C(C)CC1(CC(C)CC)c2ccccc2-c2nc(C#N)c(C#N)nc21. The van der Waals surface area contributed by atoms with Gasteiger partial charge in [0.15, 0.2) is 11.4 Å². The quantitative estimate of drug-likeness (QED) is 0.632. The topological polar surface area (TPSA) is 99.7 Å². The standard InChI is InChI=1S/C24H26N4O2/c1-5-15(3)11-24(12-16(4)23(29)30-6-2)18-10-8-7-9-17(18)21-22(24)28-20(14-26)19(13-25)27-21/h7-10,15-16H,5-6,11-12H2,1-4H3. The molecule has 1 aliphatic carbocycles. The lowest BCUT2D eigenvalue weighted by Crippen LogP contribution is -2.34. The highest BCUT2D eigenvalue weighted by atomic mass is 16.5. The number of benzene rings is 1. The van der Waals surface area contributed by atoms with E-state index >= 15 is 0 Å². The van der Waals surface area contributed by atoms with Crippen molar-refractivity contribution >= 4 is 5.97 Å². The molecule has 0 saturated carbocycles. The monoisotopic (exact) mass is 402 g/mol. The summed E-state index contributed by atoms with van der Waals surface area (Å²) in [4.78, 5) is 21.7. The second-order valence-corrected chi connectivity index (χ2v) is 8.04. The lowest BCUT2D eigenvalue weighted by atomic mass is 9.68. The van der Waals surface area contributed by atoms with Gasteiger partial charge in [-0.3, -0.25) is 4.79 Å². The molecule has 1 aromatic carbocycles. The minimum absolute atomic E-state index is 0.0290. The molecule has 3 rings (SSSR count). The number of rotatable bonds is 7. The first kappa shape index (κ1) is 21.5. The van der Waals surface area contributed by atoms with E-state index < -0.39 is 5.41 Å². The zero-order valence-electron chi connectivity index (χ0n) is 17.9. The van der Waals surface area contributed by atoms with Crippen LogP contribution >= 0.6 is 0 Å². The van der Waals surface area contributed by atoms with Gasteiger partial charge in [0, 0.05) is 11.0 Å². The van der Waals surface area contributed by atoms with Crippen molar-refractivity contribution in [2.24, 2.45) is 11.8 Å². The smallest absolute Gasteiger partial charge is 0.308 e. The molecule has 0 N–H and O–H groups in total. The van der Waals surface area contributed by atoms with Gasteiger partial charge in [0.2, 0.25) is 0 Å². The Morgan fingerprint density at radius 3 is 2.40 bits per heavy atom. The third-order valence-electron chi connectivity index (χ3n) is 6.00. The molecule has 0 bridgehead atoms. The van der Waals surface area contributed by atoms with Crippen LogP contribution in [-0.2, 0) is 14.9 Å². The fourth-order valence-corrected chi connectivity index (χ4v) is 4.47. The largest absolute Gasteiger partial charge is 0.466 e. The van der Waals surface area contributed by atoms with Gasteiger partial charge in [-0.2, -0.15) is 10.5 Å². The molecule has 6 heteroatoms. The minimum atomic E-state index is -0.569. The summed E-state index contributed by atoms with van der Waals surface area (Å²) >= 11 is 0. The molecule has 3 unspecified atom stereocenters. The van der Waals surface area contributed by atoms with E-state index in [0.29, 0.717) is 30.3 Å². The van der Waals surface area contributed by atoms with Crippen molar-refractivity contribution in [3.05, 3.63) is 46.9 Å². The Labute approximate surface area is 177 Å². The molecule has 0 radical (unpaired) electrons. The van der Waals surface area contributed by atoms with E-state index in [-0.39, 0.29) is 23.3 Å². The van der Waals surface area contributed by atoms with Crippen molar-refractivity contribution in [1.29, 1.82) is 10.5 Å². The Bertz CT molecular complexity index is 1050. The van der Waals surface area contributed by atoms with Gasteiger partial charge in [-0.1, -0.05) is 51.5 Å². The average molecular weight is 402 g/mol. The highest BCUT2D eigenvalue weighted by molar-refractivity contribution is 5.79. The molecule has 0 saturated heterocycles. The fraction of sp³-hybridized carbons (Fsp3) is 0.458. The molecule has 6 nitrogen and oxygen atoms in total. The first-order valence-corrected chi connectivity index (χ1v) is 10.4. The second kappa shape index (κ2) is 8.63. The van der Waals surface area contributed by atoms with Gasteiger partial charge in [0.25, 0.3) is 0 Å². The zero-order valence-corrected chi connectivity index (χ0v) is 17.9. The lowest BCUT2D eigenvalue weighted by molar-refractivity contribution is -0.148. The van der Waals surface area contributed by atoms with Crippen molar-refractivity contribution in [2.45, 2.75) is 52.4 Å². The first-order valence-electron chi connectivity index (χ1n) is 10.4. The van der Waals surface area contributed by atoms with Crippen molar-refractivity contribution in [3.63, 3.8) is 0 Å². The summed E-state index contributed by atoms with van der Waals surface area (Å²) in [6.07, 6.45) is 2.25. The maximum Gasteiger partial charge on any atom is 0.308 e. The average Bonchev–Trinajstić information content (AvgIpc) is 3.01. The maximum atomic E-state index is 12.5. The van der Waals surface area contributed by atoms with Crippen LogP contribution in [0.1, 0.15) is 69.6 Å². The zero-order chi connectivity index (χ0) is 21.9. The van der Waals surface area contributed by atoms with Crippen LogP contribution in [0, 0.1) is 34.5 Å². The normalized spacial score (nSPS) is 18.5. The number of nitrogens with zero attached hydrogens (tertiary/aromatic N) is 4. The van der Waals surface area contributed by atoms with E-state index in [1.54, 1.807) is 6.92 Å². The summed E-state index contributed by atoms with van der Waals surface area (Å²) in [5.41, 5.74) is 2.79. The predicted octanol–water partition coefficient (Wildman–Crippen LogP) is 4.51. The van der Waals surface area contributed by atoms with Gasteiger partial charge in [0.05, 0.1) is 23.9 Å². The molecule has 1 aromatic heterocycles. The Morgan fingerprint density at radius 2 is 1.77 bits per heavy atom. The molecule has 0 fully saturated rings. The number of hydrogen-bond acceptors (Lipinski definition) is 6. The van der Waals surface area contributed by atoms with E-state index in [9.17, 15) is 15.3 Å². The van der Waals surface area contributed by atoms with Crippen LogP contribution < -0.4 is 0 Å². The highest BCUT2D eigenvalue weighted by Crippen LogP contribution is 2.53. The molecular weight excluding hydrogens is 376 g/mol. The number of carbonyl (C=O) groups excluding carboxylic acids is 1. The summed E-state index contributed by atoms with van der Waals surface area (Å²) in [6, 6.07) is 11.9. The number of aromatic nitrogens is 2. The summed E-state index contributed by atoms with van der Waals surface area (Å²) in [7, 11) is 0. The van der Waals surface area contributed by atoms with Crippen LogP contribution in [0.2, 0.25) is 0 Å². The Kier molecular flexibility index (Phi) is 6.17. The summed E-state index contributed by atoms with van der Waals surface area (Å²) in [5.74, 6) is -0.230. The van der Waals surface area contributed by atoms with Crippen molar-refractivity contribution in [1.82, 2.24) is 9.97 Å². The summed E-state index contributed by atoms with van der Waals surface area (Å²) in [6.45, 7) is 8.32. The van der Waals surface area contributed by atoms with Gasteiger partial charge in [-0.15, -0.1) is 0 Å². The van der Waals surface area contributed by atoms with Crippen LogP contribution in [0.15, 0.2) is 24.3 Å². The third-order valence-corrected chi connectivity index (χ3v) is 6.00. The van der Waals surface area contributed by atoms with E-state index in [0.717, 1.165) is 24.0 Å². The van der Waals surface area contributed by atoms with Crippen LogP contribution in [-0.4, -0.2) is 22.5 Å². The van der Waals surface area contributed by atoms with Crippen LogP contribution in [0.3, 0.4) is 0 Å². The number of carbonyl (C=O) groups is 1. The predicted molar refractivity (Wildman–Crippen MR) is 112 cm³/mol. The molecule has 0 aliphatic heterocycles. The molecular formula is C24H26N4O2. The van der Waals surface area contributed by atoms with Crippen LogP contribution in [0.25, 0.3) is 11.3 Å². The van der Waals surface area contributed by atoms with E-state index in [1.807, 2.05) is 37.3 Å². The number of esters is 1. The molecule has 2 aromatic rings. The van der Waals surface area contributed by atoms with Crippen molar-refractivity contribution < 1.29 is 9.53 Å². The molecule has 0 amide bonds. The van der Waals surface area contributed by atoms with Gasteiger partial charge >= 0.3 is 5.97 Å². The number of nitriles is 2. The summed E-state index contributed by atoms with van der Waals surface area (Å²) < 4.78 is 5.28. The van der Waals surface area contributed by atoms with Crippen LogP contribution in [0.4, 0.5) is 0 Å². The number of hydrogen-bond donors (Lipinski definition) is 0. The Balaban J connectivity index is 2.27. The maximum absolute atomic E-state index is 12.5. The molecule has 154 valence electrons. The van der Waals surface area contributed by atoms with E-state index in [4.69, 9.17) is 4.74 Å². The molecule has 1 aliphatic rings. The fourth-order valence-electron chi connectivity index (χ4n) is 4.47. The highest BCUT2D eigenvalue weighted by Gasteiger charge is 2.48. The molecule has 3 atom stereocenters.